The highest BCUT2D eigenvalue weighted by Gasteiger charge is 2.73. The van der Waals surface area contributed by atoms with Crippen LogP contribution in [0.15, 0.2) is 41.3 Å². The molecule has 160 valence electrons. The lowest BCUT2D eigenvalue weighted by molar-refractivity contribution is -0.348. The molecule has 0 bridgehead atoms. The standard InChI is InChI=1S/C18H12F7N3OS/c1-9-5-11(16(19,17(20,21)22)18(23,24)25)7-13(30-8-26)14(9)28-15(29)10-3-2-4-12(27)6-10/h2-7H,27H2,1H3,(H,28,29). The predicted molar refractivity (Wildman–Crippen MR) is 96.4 cm³/mol. The lowest BCUT2D eigenvalue weighted by Gasteiger charge is -2.31. The molecule has 0 saturated carbocycles. The number of thioether (sulfide) groups is 1. The molecule has 0 saturated heterocycles. The van der Waals surface area contributed by atoms with Crippen LogP contribution in [0, 0.1) is 17.6 Å². The molecule has 12 heteroatoms. The van der Waals surface area contributed by atoms with Gasteiger partial charge in [-0.15, -0.1) is 0 Å². The summed E-state index contributed by atoms with van der Waals surface area (Å²) in [5.41, 5.74) is -2.10. The van der Waals surface area contributed by atoms with E-state index >= 15 is 0 Å². The van der Waals surface area contributed by atoms with Gasteiger partial charge in [0.25, 0.3) is 5.91 Å². The van der Waals surface area contributed by atoms with Gasteiger partial charge >= 0.3 is 18.0 Å². The molecule has 30 heavy (non-hydrogen) atoms. The summed E-state index contributed by atoms with van der Waals surface area (Å²) in [6, 6.07) is 6.18. The Kier molecular flexibility index (Phi) is 6.27. The van der Waals surface area contributed by atoms with Crippen molar-refractivity contribution < 1.29 is 35.5 Å². The van der Waals surface area contributed by atoms with Gasteiger partial charge in [0.15, 0.2) is 0 Å². The second-order valence-corrected chi connectivity index (χ2v) is 6.92. The van der Waals surface area contributed by atoms with Gasteiger partial charge in [0, 0.05) is 21.7 Å². The Hall–Kier alpha value is -2.94. The van der Waals surface area contributed by atoms with Gasteiger partial charge in [0.1, 0.15) is 5.40 Å². The Morgan fingerprint density at radius 2 is 1.67 bits per heavy atom. The van der Waals surface area contributed by atoms with Gasteiger partial charge in [0.2, 0.25) is 0 Å². The number of carbonyl (C=O) groups is 1. The van der Waals surface area contributed by atoms with Crippen LogP contribution in [0.4, 0.5) is 42.1 Å². The largest absolute Gasteiger partial charge is 0.435 e. The van der Waals surface area contributed by atoms with Crippen molar-refractivity contribution in [1.29, 1.82) is 5.26 Å². The van der Waals surface area contributed by atoms with Crippen LogP contribution in [-0.2, 0) is 5.67 Å². The summed E-state index contributed by atoms with van der Waals surface area (Å²) >= 11 is 0.173. The molecule has 1 amide bonds. The quantitative estimate of drug-likeness (QED) is 0.271. The SMILES string of the molecule is Cc1cc(C(F)(C(F)(F)F)C(F)(F)F)cc(SC#N)c1NC(=O)c1cccc(N)c1. The number of carbonyl (C=O) groups excluding carboxylic acids is 1. The van der Waals surface area contributed by atoms with Crippen molar-refractivity contribution in [1.82, 2.24) is 0 Å². The Labute approximate surface area is 169 Å². The molecule has 2 rings (SSSR count). The monoisotopic (exact) mass is 451 g/mol. The van der Waals surface area contributed by atoms with E-state index < -0.39 is 34.4 Å². The van der Waals surface area contributed by atoms with Crippen molar-refractivity contribution in [3.8, 4) is 5.40 Å². The number of nitriles is 1. The number of hydrogen-bond donors (Lipinski definition) is 2. The number of thiocyanates is 1. The maximum absolute atomic E-state index is 14.4. The molecule has 2 aromatic carbocycles. The van der Waals surface area contributed by atoms with Gasteiger partial charge < -0.3 is 11.1 Å². The van der Waals surface area contributed by atoms with E-state index in [1.807, 2.05) is 0 Å². The molecule has 0 aliphatic heterocycles. The number of rotatable bonds is 4. The number of nitrogens with one attached hydrogen (secondary N) is 1. The molecule has 0 unspecified atom stereocenters. The van der Waals surface area contributed by atoms with Crippen molar-refractivity contribution in [2.45, 2.75) is 29.8 Å². The smallest absolute Gasteiger partial charge is 0.399 e. The highest BCUT2D eigenvalue weighted by atomic mass is 32.2. The van der Waals surface area contributed by atoms with Crippen molar-refractivity contribution in [3.63, 3.8) is 0 Å². The van der Waals surface area contributed by atoms with Crippen molar-refractivity contribution in [2.75, 3.05) is 11.1 Å². The van der Waals surface area contributed by atoms with Crippen LogP contribution in [0.2, 0.25) is 0 Å². The third kappa shape index (κ3) is 4.30. The lowest BCUT2D eigenvalue weighted by atomic mass is 9.92. The lowest BCUT2D eigenvalue weighted by Crippen LogP contribution is -2.50. The molecule has 0 aliphatic carbocycles. The highest BCUT2D eigenvalue weighted by Crippen LogP contribution is 2.54. The summed E-state index contributed by atoms with van der Waals surface area (Å²) in [4.78, 5) is 11.9. The van der Waals surface area contributed by atoms with Gasteiger partial charge in [-0.3, -0.25) is 4.79 Å². The zero-order chi connectivity index (χ0) is 22.9. The maximum atomic E-state index is 14.4. The number of alkyl halides is 7. The minimum absolute atomic E-state index is 0.0526. The minimum atomic E-state index is -6.31. The number of anilines is 2. The number of nitrogens with zero attached hydrogens (tertiary/aromatic N) is 1. The fourth-order valence-corrected chi connectivity index (χ4v) is 3.20. The zero-order valence-corrected chi connectivity index (χ0v) is 15.8. The van der Waals surface area contributed by atoms with E-state index in [0.29, 0.717) is 6.07 Å². The second kappa shape index (κ2) is 8.06. The zero-order valence-electron chi connectivity index (χ0n) is 15.0. The average molecular weight is 451 g/mol. The van der Waals surface area contributed by atoms with Crippen LogP contribution in [0.25, 0.3) is 0 Å². The fourth-order valence-electron chi connectivity index (χ4n) is 2.60. The third-order valence-corrected chi connectivity index (χ3v) is 4.65. The van der Waals surface area contributed by atoms with E-state index in [-0.39, 0.29) is 40.3 Å². The first-order valence-corrected chi connectivity index (χ1v) is 8.74. The number of nitrogens with two attached hydrogens (primary N) is 1. The van der Waals surface area contributed by atoms with Crippen molar-refractivity contribution in [2.24, 2.45) is 0 Å². The summed E-state index contributed by atoms with van der Waals surface area (Å²) < 4.78 is 92.7. The molecule has 0 atom stereocenters. The topological polar surface area (TPSA) is 78.9 Å². The molecule has 0 fully saturated rings. The number of nitrogen functional groups attached to an aromatic ring is 1. The number of aryl methyl sites for hydroxylation is 1. The van der Waals surface area contributed by atoms with Gasteiger partial charge in [0.05, 0.1) is 5.69 Å². The number of halogens is 7. The molecule has 2 aromatic rings. The highest BCUT2D eigenvalue weighted by molar-refractivity contribution is 8.03. The van der Waals surface area contributed by atoms with Crippen LogP contribution >= 0.6 is 11.8 Å². The molecule has 4 nitrogen and oxygen atoms in total. The Morgan fingerprint density at radius 1 is 1.07 bits per heavy atom. The molecule has 3 N–H and O–H groups in total. The van der Waals surface area contributed by atoms with E-state index in [1.54, 1.807) is 0 Å². The number of amides is 1. The summed E-state index contributed by atoms with van der Waals surface area (Å²) in [6.07, 6.45) is -12.6. The number of hydrogen-bond acceptors (Lipinski definition) is 4. The molecule has 0 heterocycles. The predicted octanol–water partition coefficient (Wildman–Crippen LogP) is 5.69. The van der Waals surface area contributed by atoms with Gasteiger partial charge in [-0.1, -0.05) is 12.1 Å². The third-order valence-electron chi connectivity index (χ3n) is 4.02. The van der Waals surface area contributed by atoms with Crippen LogP contribution < -0.4 is 11.1 Å². The Bertz CT molecular complexity index is 998. The first-order valence-electron chi connectivity index (χ1n) is 7.92. The molecule has 0 aromatic heterocycles. The molecule has 0 spiro atoms. The summed E-state index contributed by atoms with van der Waals surface area (Å²) in [5.74, 6) is -0.781. The van der Waals surface area contributed by atoms with Crippen LogP contribution in [0.1, 0.15) is 21.5 Å². The van der Waals surface area contributed by atoms with Crippen molar-refractivity contribution in [3.05, 3.63) is 53.1 Å². The van der Waals surface area contributed by atoms with E-state index in [2.05, 4.69) is 5.32 Å². The number of benzene rings is 2. The van der Waals surface area contributed by atoms with Crippen molar-refractivity contribution >= 4 is 29.0 Å². The summed E-state index contributed by atoms with van der Waals surface area (Å²) in [5, 5.41) is 12.7. The molecular weight excluding hydrogens is 439 g/mol. The van der Waals surface area contributed by atoms with E-state index in [0.717, 1.165) is 6.92 Å². The first kappa shape index (κ1) is 23.3. The minimum Gasteiger partial charge on any atom is -0.399 e. The van der Waals surface area contributed by atoms with Crippen LogP contribution in [-0.4, -0.2) is 18.3 Å². The van der Waals surface area contributed by atoms with Crippen LogP contribution in [0.5, 0.6) is 0 Å². The van der Waals surface area contributed by atoms with E-state index in [1.165, 1.54) is 29.7 Å². The van der Waals surface area contributed by atoms with E-state index in [9.17, 15) is 35.5 Å². The van der Waals surface area contributed by atoms with Gasteiger partial charge in [-0.05, 0) is 48.5 Å². The summed E-state index contributed by atoms with van der Waals surface area (Å²) in [6.45, 7) is 1.08. The summed E-state index contributed by atoms with van der Waals surface area (Å²) in [7, 11) is 0. The van der Waals surface area contributed by atoms with Crippen LogP contribution in [0.3, 0.4) is 0 Å². The second-order valence-electron chi connectivity index (χ2n) is 6.09. The fraction of sp³-hybridized carbons (Fsp3) is 0.222. The maximum Gasteiger partial charge on any atom is 0.435 e. The normalized spacial score (nSPS) is 12.4. The first-order chi connectivity index (χ1) is 13.7. The Balaban J connectivity index is 2.61. The average Bonchev–Trinajstić information content (AvgIpc) is 2.61. The van der Waals surface area contributed by atoms with E-state index in [4.69, 9.17) is 11.0 Å². The Morgan fingerprint density at radius 3 is 2.17 bits per heavy atom. The molecular formula is C18H12F7N3OS. The molecule has 0 radical (unpaired) electrons. The molecule has 0 aliphatic rings. The van der Waals surface area contributed by atoms with Gasteiger partial charge in [-0.2, -0.15) is 31.6 Å². The van der Waals surface area contributed by atoms with Gasteiger partial charge in [-0.25, -0.2) is 4.39 Å².